The van der Waals surface area contributed by atoms with E-state index in [1.165, 1.54) is 6.07 Å². The number of nitrogens with zero attached hydrogens (tertiary/aromatic N) is 3. The van der Waals surface area contributed by atoms with Gasteiger partial charge in [0.1, 0.15) is 23.0 Å². The fourth-order valence-corrected chi connectivity index (χ4v) is 3.41. The van der Waals surface area contributed by atoms with Crippen LogP contribution < -0.4 is 5.32 Å². The number of anilines is 1. The molecule has 0 aliphatic carbocycles. The number of fused-ring (bicyclic) bond motifs is 1. The fourth-order valence-electron chi connectivity index (χ4n) is 3.41. The first-order chi connectivity index (χ1) is 13.1. The van der Waals surface area contributed by atoms with Gasteiger partial charge in [-0.2, -0.15) is 0 Å². The van der Waals surface area contributed by atoms with Gasteiger partial charge in [0.25, 0.3) is 0 Å². The highest BCUT2D eigenvalue weighted by atomic mass is 19.1. The Hall–Kier alpha value is -2.87. The minimum absolute atomic E-state index is 0.266. The average Bonchev–Trinajstić information content (AvgIpc) is 2.99. The molecule has 140 valence electrons. The Bertz CT molecular complexity index is 968. The molecule has 2 heterocycles. The maximum atomic E-state index is 14.4. The lowest BCUT2D eigenvalue weighted by atomic mass is 10.1. The van der Waals surface area contributed by atoms with Crippen molar-refractivity contribution >= 4 is 11.5 Å². The summed E-state index contributed by atoms with van der Waals surface area (Å²) in [7, 11) is 0. The second-order valence-electron chi connectivity index (χ2n) is 6.88. The van der Waals surface area contributed by atoms with Crippen LogP contribution in [0.1, 0.15) is 36.9 Å². The molecule has 0 bridgehead atoms. The summed E-state index contributed by atoms with van der Waals surface area (Å²) in [6.07, 6.45) is 4.10. The first-order valence-electron chi connectivity index (χ1n) is 9.43. The zero-order chi connectivity index (χ0) is 19.2. The Morgan fingerprint density at radius 3 is 2.67 bits per heavy atom. The molecule has 0 aliphatic heterocycles. The van der Waals surface area contributed by atoms with Crippen molar-refractivity contribution in [2.75, 3.05) is 18.4 Å². The molecule has 0 spiro atoms. The van der Waals surface area contributed by atoms with Gasteiger partial charge in [-0.1, -0.05) is 18.6 Å². The number of rotatable bonds is 8. The Balaban J connectivity index is 1.88. The second kappa shape index (κ2) is 8.68. The van der Waals surface area contributed by atoms with Gasteiger partial charge in [0.15, 0.2) is 0 Å². The number of imidazole rings is 1. The molecule has 2 aromatic heterocycles. The van der Waals surface area contributed by atoms with Crippen LogP contribution in [0.25, 0.3) is 21.7 Å². The molecule has 1 N–H and O–H groups in total. The van der Waals surface area contributed by atoms with Crippen LogP contribution in [0.4, 0.5) is 10.2 Å². The quantitative estimate of drug-likeness (QED) is 0.414. The van der Waals surface area contributed by atoms with E-state index in [1.807, 2.05) is 26.0 Å². The molecule has 0 fully saturated rings. The van der Waals surface area contributed by atoms with Crippen molar-refractivity contribution in [3.05, 3.63) is 64.9 Å². The van der Waals surface area contributed by atoms with Crippen molar-refractivity contribution in [2.45, 2.75) is 39.5 Å². The smallest absolute Gasteiger partial charge is 0.214 e. The van der Waals surface area contributed by atoms with Gasteiger partial charge < -0.3 is 10.2 Å². The second-order valence-corrected chi connectivity index (χ2v) is 6.88. The number of hydrogen-bond acceptors (Lipinski definition) is 2. The van der Waals surface area contributed by atoms with E-state index in [0.29, 0.717) is 17.8 Å². The standard InChI is InChI=1S/C22H25FN4/c1-16-14-17(2)27-20(15-16)26-21(18-10-6-7-11-19(18)23)22(27)25-13-9-5-4-8-12-24-3/h6-7,10-11,14-15,25H,4-5,8-9,12-13H2,1-2H3. The molecule has 1 aromatic carbocycles. The molecule has 0 aliphatic rings. The molecule has 4 nitrogen and oxygen atoms in total. The van der Waals surface area contributed by atoms with Gasteiger partial charge in [0.05, 0.1) is 0 Å². The minimum Gasteiger partial charge on any atom is -0.369 e. The Kier molecular flexibility index (Phi) is 6.08. The normalized spacial score (nSPS) is 10.9. The molecule has 0 atom stereocenters. The van der Waals surface area contributed by atoms with Gasteiger partial charge in [0.2, 0.25) is 6.54 Å². The van der Waals surface area contributed by atoms with E-state index in [0.717, 1.165) is 55.0 Å². The minimum atomic E-state index is -0.266. The van der Waals surface area contributed by atoms with Crippen molar-refractivity contribution < 1.29 is 4.39 Å². The van der Waals surface area contributed by atoms with Crippen molar-refractivity contribution in [2.24, 2.45) is 0 Å². The zero-order valence-corrected chi connectivity index (χ0v) is 15.9. The van der Waals surface area contributed by atoms with Crippen LogP contribution in [-0.4, -0.2) is 22.5 Å². The highest BCUT2D eigenvalue weighted by molar-refractivity contribution is 5.77. The lowest BCUT2D eigenvalue weighted by Gasteiger charge is -2.11. The van der Waals surface area contributed by atoms with E-state index in [2.05, 4.69) is 20.6 Å². The molecule has 0 unspecified atom stereocenters. The number of aromatic nitrogens is 2. The van der Waals surface area contributed by atoms with Crippen LogP contribution in [0.3, 0.4) is 0 Å². The van der Waals surface area contributed by atoms with Gasteiger partial charge in [-0.25, -0.2) is 15.9 Å². The summed E-state index contributed by atoms with van der Waals surface area (Å²) in [6, 6.07) is 10.9. The van der Waals surface area contributed by atoms with E-state index in [9.17, 15) is 4.39 Å². The first-order valence-corrected chi connectivity index (χ1v) is 9.43. The number of pyridine rings is 1. The van der Waals surface area contributed by atoms with Crippen LogP contribution in [0, 0.1) is 26.2 Å². The van der Waals surface area contributed by atoms with E-state index in [1.54, 1.807) is 12.1 Å². The Morgan fingerprint density at radius 2 is 1.89 bits per heavy atom. The summed E-state index contributed by atoms with van der Waals surface area (Å²) in [5.74, 6) is 0.575. The fraction of sp³-hybridized carbons (Fsp3) is 0.364. The number of halogens is 1. The molecule has 0 saturated heterocycles. The number of hydrogen-bond donors (Lipinski definition) is 1. The van der Waals surface area contributed by atoms with Gasteiger partial charge in [0, 0.05) is 24.2 Å². The summed E-state index contributed by atoms with van der Waals surface area (Å²) < 4.78 is 16.5. The highest BCUT2D eigenvalue weighted by Gasteiger charge is 2.18. The number of benzene rings is 1. The molecular weight excluding hydrogens is 339 g/mol. The third kappa shape index (κ3) is 4.28. The van der Waals surface area contributed by atoms with Crippen molar-refractivity contribution in [3.63, 3.8) is 0 Å². The summed E-state index contributed by atoms with van der Waals surface area (Å²) in [6.45, 7) is 12.3. The van der Waals surface area contributed by atoms with E-state index in [4.69, 9.17) is 11.6 Å². The summed E-state index contributed by atoms with van der Waals surface area (Å²) >= 11 is 0. The summed E-state index contributed by atoms with van der Waals surface area (Å²) in [5, 5.41) is 3.49. The predicted octanol–water partition coefficient (Wildman–Crippen LogP) is 5.65. The van der Waals surface area contributed by atoms with Crippen LogP contribution in [-0.2, 0) is 0 Å². The molecule has 3 aromatic rings. The monoisotopic (exact) mass is 364 g/mol. The molecule has 0 saturated carbocycles. The third-order valence-electron chi connectivity index (χ3n) is 4.67. The zero-order valence-electron chi connectivity index (χ0n) is 15.9. The van der Waals surface area contributed by atoms with Crippen LogP contribution in [0.5, 0.6) is 0 Å². The molecule has 5 heteroatoms. The summed E-state index contributed by atoms with van der Waals surface area (Å²) in [4.78, 5) is 8.12. The summed E-state index contributed by atoms with van der Waals surface area (Å²) in [5.41, 5.74) is 4.19. The van der Waals surface area contributed by atoms with Crippen LogP contribution in [0.15, 0.2) is 36.4 Å². The topological polar surface area (TPSA) is 33.7 Å². The first kappa shape index (κ1) is 18.9. The Labute approximate surface area is 159 Å². The van der Waals surface area contributed by atoms with E-state index >= 15 is 0 Å². The number of nitrogens with one attached hydrogen (secondary N) is 1. The van der Waals surface area contributed by atoms with E-state index in [-0.39, 0.29) is 5.82 Å². The molecule has 0 amide bonds. The van der Waals surface area contributed by atoms with Gasteiger partial charge in [-0.15, -0.1) is 0 Å². The predicted molar refractivity (Wildman–Crippen MR) is 108 cm³/mol. The molecule has 0 radical (unpaired) electrons. The maximum absolute atomic E-state index is 14.4. The maximum Gasteiger partial charge on any atom is 0.214 e. The third-order valence-corrected chi connectivity index (χ3v) is 4.67. The molecule has 3 rings (SSSR count). The molecular formula is C22H25FN4. The van der Waals surface area contributed by atoms with Gasteiger partial charge >= 0.3 is 0 Å². The average molecular weight is 364 g/mol. The van der Waals surface area contributed by atoms with Crippen LogP contribution >= 0.6 is 0 Å². The number of aryl methyl sites for hydroxylation is 2. The Morgan fingerprint density at radius 1 is 1.11 bits per heavy atom. The van der Waals surface area contributed by atoms with Crippen LogP contribution in [0.2, 0.25) is 0 Å². The SMILES string of the molecule is [C-]#[N+]CCCCCCNc1c(-c2ccccc2F)nc2cc(C)cc(C)n12. The van der Waals surface area contributed by atoms with Gasteiger partial charge in [-0.05, 0) is 56.5 Å². The lowest BCUT2D eigenvalue weighted by Crippen LogP contribution is -2.07. The van der Waals surface area contributed by atoms with E-state index < -0.39 is 0 Å². The van der Waals surface area contributed by atoms with Gasteiger partial charge in [-0.3, -0.25) is 4.40 Å². The lowest BCUT2D eigenvalue weighted by molar-refractivity contribution is 0.631. The van der Waals surface area contributed by atoms with Crippen molar-refractivity contribution in [1.29, 1.82) is 0 Å². The highest BCUT2D eigenvalue weighted by Crippen LogP contribution is 2.32. The van der Waals surface area contributed by atoms with Crippen molar-refractivity contribution in [3.8, 4) is 11.3 Å². The molecule has 27 heavy (non-hydrogen) atoms. The number of unbranched alkanes of at least 4 members (excludes halogenated alkanes) is 3. The van der Waals surface area contributed by atoms with Crippen molar-refractivity contribution in [1.82, 2.24) is 9.38 Å². The largest absolute Gasteiger partial charge is 0.369 e.